The second kappa shape index (κ2) is 6.50. The minimum absolute atomic E-state index is 0.0550. The average molecular weight is 320 g/mol. The van der Waals surface area contributed by atoms with Crippen LogP contribution in [0.3, 0.4) is 0 Å². The number of hydrogen-bond acceptors (Lipinski definition) is 4. The highest BCUT2D eigenvalue weighted by atomic mass is 16.4. The summed E-state index contributed by atoms with van der Waals surface area (Å²) >= 11 is 0. The first-order valence-electron chi connectivity index (χ1n) is 7.49. The van der Waals surface area contributed by atoms with E-state index >= 15 is 0 Å². The molecule has 24 heavy (non-hydrogen) atoms. The molecule has 5 heteroatoms. The summed E-state index contributed by atoms with van der Waals surface area (Å²) in [7, 11) is 0. The number of allylic oxidation sites excluding steroid dienone is 1. The third-order valence-electron chi connectivity index (χ3n) is 3.60. The van der Waals surface area contributed by atoms with Crippen LogP contribution in [-0.2, 0) is 6.42 Å². The SMILES string of the molecule is C=CCc1cccc2cc(C(=O)Nc3ccc(C)cn3)c(=O)oc12. The van der Waals surface area contributed by atoms with Crippen molar-refractivity contribution in [1.29, 1.82) is 0 Å². The van der Waals surface area contributed by atoms with Crippen molar-refractivity contribution in [3.63, 3.8) is 0 Å². The zero-order chi connectivity index (χ0) is 17.1. The number of hydrogen-bond donors (Lipinski definition) is 1. The number of nitrogens with zero attached hydrogens (tertiary/aromatic N) is 1. The standard InChI is InChI=1S/C19H16N2O3/c1-3-5-13-6-4-7-14-10-15(19(23)24-17(13)14)18(22)21-16-9-8-12(2)11-20-16/h3-4,6-11H,1,5H2,2H3,(H,20,21,22). The second-order valence-corrected chi connectivity index (χ2v) is 5.45. The zero-order valence-corrected chi connectivity index (χ0v) is 13.2. The summed E-state index contributed by atoms with van der Waals surface area (Å²) in [6, 6.07) is 10.6. The Bertz CT molecular complexity index is 972. The molecular formula is C19H16N2O3. The number of carbonyl (C=O) groups is 1. The van der Waals surface area contributed by atoms with Gasteiger partial charge in [-0.1, -0.05) is 30.3 Å². The van der Waals surface area contributed by atoms with Gasteiger partial charge in [0, 0.05) is 11.6 Å². The molecule has 0 bridgehead atoms. The Kier molecular flexibility index (Phi) is 4.24. The van der Waals surface area contributed by atoms with Crippen molar-refractivity contribution in [2.24, 2.45) is 0 Å². The van der Waals surface area contributed by atoms with Gasteiger partial charge in [-0.05, 0) is 36.6 Å². The van der Waals surface area contributed by atoms with Crippen LogP contribution in [0.15, 0.2) is 64.5 Å². The number of nitrogens with one attached hydrogen (secondary N) is 1. The van der Waals surface area contributed by atoms with E-state index in [9.17, 15) is 9.59 Å². The van der Waals surface area contributed by atoms with Crippen LogP contribution in [0.4, 0.5) is 5.82 Å². The molecule has 5 nitrogen and oxygen atoms in total. The summed E-state index contributed by atoms with van der Waals surface area (Å²) in [6.07, 6.45) is 3.96. The van der Waals surface area contributed by atoms with Gasteiger partial charge in [-0.2, -0.15) is 0 Å². The third-order valence-corrected chi connectivity index (χ3v) is 3.60. The largest absolute Gasteiger partial charge is 0.422 e. The summed E-state index contributed by atoms with van der Waals surface area (Å²) in [6.45, 7) is 5.59. The molecule has 0 spiro atoms. The molecule has 0 aliphatic heterocycles. The van der Waals surface area contributed by atoms with Crippen molar-refractivity contribution in [3.8, 4) is 0 Å². The van der Waals surface area contributed by atoms with Crippen molar-refractivity contribution in [3.05, 3.63) is 82.4 Å². The molecule has 0 saturated heterocycles. The van der Waals surface area contributed by atoms with Gasteiger partial charge in [-0.25, -0.2) is 9.78 Å². The summed E-state index contributed by atoms with van der Waals surface area (Å²) in [5, 5.41) is 3.30. The molecule has 2 aromatic heterocycles. The summed E-state index contributed by atoms with van der Waals surface area (Å²) in [4.78, 5) is 28.6. The number of rotatable bonds is 4. The number of aromatic nitrogens is 1. The average Bonchev–Trinajstić information content (AvgIpc) is 2.57. The molecule has 0 saturated carbocycles. The number of fused-ring (bicyclic) bond motifs is 1. The molecule has 1 aromatic carbocycles. The number of carbonyl (C=O) groups excluding carboxylic acids is 1. The fraction of sp³-hybridized carbons (Fsp3) is 0.105. The van der Waals surface area contributed by atoms with Gasteiger partial charge >= 0.3 is 5.63 Å². The Morgan fingerprint density at radius 1 is 1.33 bits per heavy atom. The second-order valence-electron chi connectivity index (χ2n) is 5.45. The highest BCUT2D eigenvalue weighted by Crippen LogP contribution is 2.19. The van der Waals surface area contributed by atoms with E-state index in [-0.39, 0.29) is 5.56 Å². The van der Waals surface area contributed by atoms with E-state index in [0.717, 1.165) is 11.1 Å². The highest BCUT2D eigenvalue weighted by molar-refractivity contribution is 6.05. The predicted molar refractivity (Wildman–Crippen MR) is 93.3 cm³/mol. The molecule has 0 atom stereocenters. The molecule has 0 aliphatic rings. The maximum absolute atomic E-state index is 12.3. The van der Waals surface area contributed by atoms with E-state index in [1.54, 1.807) is 24.4 Å². The van der Waals surface area contributed by atoms with Crippen LogP contribution in [0.2, 0.25) is 0 Å². The molecule has 1 N–H and O–H groups in total. The Hall–Kier alpha value is -3.21. The molecule has 0 unspecified atom stereocenters. The molecule has 0 fully saturated rings. The third kappa shape index (κ3) is 3.10. The van der Waals surface area contributed by atoms with Crippen LogP contribution in [0.25, 0.3) is 11.0 Å². The van der Waals surface area contributed by atoms with Crippen LogP contribution in [0.5, 0.6) is 0 Å². The summed E-state index contributed by atoms with van der Waals surface area (Å²) in [5.74, 6) is -0.165. The van der Waals surface area contributed by atoms with Gasteiger partial charge in [0.25, 0.3) is 5.91 Å². The van der Waals surface area contributed by atoms with Crippen molar-refractivity contribution in [2.75, 3.05) is 5.32 Å². The van der Waals surface area contributed by atoms with Crippen molar-refractivity contribution >= 4 is 22.7 Å². The van der Waals surface area contributed by atoms with Crippen molar-refractivity contribution < 1.29 is 9.21 Å². The van der Waals surface area contributed by atoms with Gasteiger partial charge < -0.3 is 9.73 Å². The molecule has 3 aromatic rings. The lowest BCUT2D eigenvalue weighted by Gasteiger charge is -2.06. The van der Waals surface area contributed by atoms with Gasteiger partial charge in [0.2, 0.25) is 0 Å². The highest BCUT2D eigenvalue weighted by Gasteiger charge is 2.15. The van der Waals surface area contributed by atoms with Crippen LogP contribution in [0.1, 0.15) is 21.5 Å². The molecular weight excluding hydrogens is 304 g/mol. The molecule has 120 valence electrons. The Balaban J connectivity index is 1.98. The Morgan fingerprint density at radius 2 is 2.17 bits per heavy atom. The fourth-order valence-electron chi connectivity index (χ4n) is 2.40. The van der Waals surface area contributed by atoms with E-state index in [0.29, 0.717) is 23.2 Å². The first kappa shape index (κ1) is 15.7. The van der Waals surface area contributed by atoms with Crippen molar-refractivity contribution in [1.82, 2.24) is 4.98 Å². The summed E-state index contributed by atoms with van der Waals surface area (Å²) < 4.78 is 5.37. The lowest BCUT2D eigenvalue weighted by atomic mass is 10.1. The number of para-hydroxylation sites is 1. The zero-order valence-electron chi connectivity index (χ0n) is 13.2. The minimum atomic E-state index is -0.677. The Labute approximate surface area is 138 Å². The summed E-state index contributed by atoms with van der Waals surface area (Å²) in [5.41, 5.74) is 1.58. The Morgan fingerprint density at radius 3 is 2.88 bits per heavy atom. The van der Waals surface area contributed by atoms with Crippen molar-refractivity contribution in [2.45, 2.75) is 13.3 Å². The lowest BCUT2D eigenvalue weighted by molar-refractivity contribution is 0.102. The van der Waals surface area contributed by atoms with E-state index < -0.39 is 11.5 Å². The smallest absolute Gasteiger partial charge is 0.349 e. The molecule has 3 rings (SSSR count). The number of aryl methyl sites for hydroxylation is 1. The maximum Gasteiger partial charge on any atom is 0.349 e. The van der Waals surface area contributed by atoms with E-state index in [2.05, 4.69) is 16.9 Å². The van der Waals surface area contributed by atoms with Gasteiger partial charge in [-0.3, -0.25) is 4.79 Å². The van der Waals surface area contributed by atoms with Gasteiger partial charge in [-0.15, -0.1) is 6.58 Å². The normalized spacial score (nSPS) is 10.5. The van der Waals surface area contributed by atoms with Crippen LogP contribution >= 0.6 is 0 Å². The van der Waals surface area contributed by atoms with E-state index in [4.69, 9.17) is 4.42 Å². The number of benzene rings is 1. The molecule has 2 heterocycles. The van der Waals surface area contributed by atoms with Gasteiger partial charge in [0.15, 0.2) is 0 Å². The molecule has 0 radical (unpaired) electrons. The van der Waals surface area contributed by atoms with Crippen LogP contribution in [-0.4, -0.2) is 10.9 Å². The van der Waals surface area contributed by atoms with Crippen LogP contribution in [0, 0.1) is 6.92 Å². The molecule has 1 amide bonds. The van der Waals surface area contributed by atoms with E-state index in [1.807, 2.05) is 25.1 Å². The van der Waals surface area contributed by atoms with E-state index in [1.165, 1.54) is 6.07 Å². The maximum atomic E-state index is 12.3. The number of anilines is 1. The monoisotopic (exact) mass is 320 g/mol. The number of amides is 1. The quantitative estimate of drug-likeness (QED) is 0.590. The lowest BCUT2D eigenvalue weighted by Crippen LogP contribution is -2.21. The molecule has 0 aliphatic carbocycles. The predicted octanol–water partition coefficient (Wildman–Crippen LogP) is 3.48. The first-order valence-corrected chi connectivity index (χ1v) is 7.49. The van der Waals surface area contributed by atoms with Crippen LogP contribution < -0.4 is 10.9 Å². The minimum Gasteiger partial charge on any atom is -0.422 e. The number of pyridine rings is 1. The topological polar surface area (TPSA) is 72.2 Å². The fourth-order valence-corrected chi connectivity index (χ4v) is 2.40. The van der Waals surface area contributed by atoms with Gasteiger partial charge in [0.05, 0.1) is 0 Å². The first-order chi connectivity index (χ1) is 11.6. The van der Waals surface area contributed by atoms with Gasteiger partial charge in [0.1, 0.15) is 17.0 Å².